The van der Waals surface area contributed by atoms with Crippen molar-refractivity contribution < 1.29 is 4.79 Å². The van der Waals surface area contributed by atoms with Crippen LogP contribution >= 0.6 is 0 Å². The monoisotopic (exact) mass is 254 g/mol. The SMILES string of the molecule is CCC1(CNC(C)C(=O)NCCC(C)C)CCC1. The van der Waals surface area contributed by atoms with Crippen molar-refractivity contribution in [2.75, 3.05) is 13.1 Å². The molecule has 1 rings (SSSR count). The molecule has 1 aliphatic rings. The number of carbonyl (C=O) groups is 1. The highest BCUT2D eigenvalue weighted by Gasteiger charge is 2.35. The zero-order valence-electron chi connectivity index (χ0n) is 12.5. The first kappa shape index (κ1) is 15.5. The molecule has 0 aromatic rings. The van der Waals surface area contributed by atoms with E-state index in [-0.39, 0.29) is 11.9 Å². The van der Waals surface area contributed by atoms with Gasteiger partial charge in [0.1, 0.15) is 0 Å². The van der Waals surface area contributed by atoms with Crippen LogP contribution in [0, 0.1) is 11.3 Å². The maximum absolute atomic E-state index is 11.9. The Bertz CT molecular complexity index is 254. The summed E-state index contributed by atoms with van der Waals surface area (Å²) in [5, 5.41) is 6.40. The first-order valence-electron chi connectivity index (χ1n) is 7.50. The van der Waals surface area contributed by atoms with Crippen molar-refractivity contribution in [3.63, 3.8) is 0 Å². The Balaban J connectivity index is 2.19. The van der Waals surface area contributed by atoms with E-state index in [0.717, 1.165) is 19.5 Å². The highest BCUT2D eigenvalue weighted by molar-refractivity contribution is 5.81. The summed E-state index contributed by atoms with van der Waals surface area (Å²) in [6.45, 7) is 10.4. The lowest BCUT2D eigenvalue weighted by Gasteiger charge is -2.42. The third-order valence-electron chi connectivity index (χ3n) is 4.36. The maximum Gasteiger partial charge on any atom is 0.236 e. The highest BCUT2D eigenvalue weighted by atomic mass is 16.2. The Kier molecular flexibility index (Phi) is 6.13. The average Bonchev–Trinajstić information content (AvgIpc) is 2.27. The van der Waals surface area contributed by atoms with E-state index in [1.165, 1.54) is 25.7 Å². The molecular weight excluding hydrogens is 224 g/mol. The van der Waals surface area contributed by atoms with Gasteiger partial charge in [-0.3, -0.25) is 4.79 Å². The molecule has 18 heavy (non-hydrogen) atoms. The summed E-state index contributed by atoms with van der Waals surface area (Å²) in [6.07, 6.45) is 6.26. The van der Waals surface area contributed by atoms with E-state index >= 15 is 0 Å². The predicted molar refractivity (Wildman–Crippen MR) is 76.5 cm³/mol. The molecule has 106 valence electrons. The number of carbonyl (C=O) groups excluding carboxylic acids is 1. The van der Waals surface area contributed by atoms with E-state index in [1.807, 2.05) is 6.92 Å². The largest absolute Gasteiger partial charge is 0.355 e. The van der Waals surface area contributed by atoms with Gasteiger partial charge in [-0.15, -0.1) is 0 Å². The molecule has 1 fully saturated rings. The van der Waals surface area contributed by atoms with Gasteiger partial charge in [-0.2, -0.15) is 0 Å². The molecule has 0 aromatic heterocycles. The number of nitrogens with one attached hydrogen (secondary N) is 2. The van der Waals surface area contributed by atoms with Crippen LogP contribution < -0.4 is 10.6 Å². The zero-order chi connectivity index (χ0) is 13.6. The molecule has 1 saturated carbocycles. The fourth-order valence-electron chi connectivity index (χ4n) is 2.43. The Hall–Kier alpha value is -0.570. The van der Waals surface area contributed by atoms with Crippen molar-refractivity contribution in [1.29, 1.82) is 0 Å². The normalized spacial score (nSPS) is 19.4. The summed E-state index contributed by atoms with van der Waals surface area (Å²) in [7, 11) is 0. The van der Waals surface area contributed by atoms with Crippen molar-refractivity contribution in [1.82, 2.24) is 10.6 Å². The summed E-state index contributed by atoms with van der Waals surface area (Å²) >= 11 is 0. The molecule has 3 nitrogen and oxygen atoms in total. The molecule has 0 bridgehead atoms. The lowest BCUT2D eigenvalue weighted by atomic mass is 9.67. The minimum absolute atomic E-state index is 0.0683. The lowest BCUT2D eigenvalue weighted by Crippen LogP contribution is -2.48. The quantitative estimate of drug-likeness (QED) is 0.699. The first-order valence-corrected chi connectivity index (χ1v) is 7.50. The molecule has 0 aliphatic heterocycles. The third kappa shape index (κ3) is 4.60. The minimum atomic E-state index is -0.0683. The van der Waals surface area contributed by atoms with Crippen molar-refractivity contribution >= 4 is 5.91 Å². The fourth-order valence-corrected chi connectivity index (χ4v) is 2.43. The summed E-state index contributed by atoms with van der Waals surface area (Å²) < 4.78 is 0. The molecule has 1 unspecified atom stereocenters. The molecule has 0 heterocycles. The van der Waals surface area contributed by atoms with Crippen LogP contribution in [0.1, 0.15) is 59.8 Å². The Morgan fingerprint density at radius 2 is 1.94 bits per heavy atom. The second kappa shape index (κ2) is 7.13. The van der Waals surface area contributed by atoms with Crippen LogP contribution in [0.5, 0.6) is 0 Å². The van der Waals surface area contributed by atoms with Crippen LogP contribution in [0.25, 0.3) is 0 Å². The molecule has 0 saturated heterocycles. The maximum atomic E-state index is 11.9. The Morgan fingerprint density at radius 1 is 1.28 bits per heavy atom. The van der Waals surface area contributed by atoms with Crippen molar-refractivity contribution in [3.05, 3.63) is 0 Å². The van der Waals surface area contributed by atoms with E-state index < -0.39 is 0 Å². The Labute approximate surface area is 112 Å². The van der Waals surface area contributed by atoms with E-state index in [0.29, 0.717) is 11.3 Å². The molecule has 3 heteroatoms. The van der Waals surface area contributed by atoms with Crippen molar-refractivity contribution in [2.45, 2.75) is 65.8 Å². The molecular formula is C15H30N2O. The second-order valence-corrected chi connectivity index (χ2v) is 6.28. The Morgan fingerprint density at radius 3 is 2.39 bits per heavy atom. The van der Waals surface area contributed by atoms with Crippen LogP contribution in [-0.4, -0.2) is 25.0 Å². The van der Waals surface area contributed by atoms with Gasteiger partial charge in [-0.1, -0.05) is 27.2 Å². The summed E-state index contributed by atoms with van der Waals surface area (Å²) in [4.78, 5) is 11.9. The number of amides is 1. The molecule has 1 aliphatic carbocycles. The van der Waals surface area contributed by atoms with Gasteiger partial charge < -0.3 is 10.6 Å². The topological polar surface area (TPSA) is 41.1 Å². The molecule has 0 spiro atoms. The second-order valence-electron chi connectivity index (χ2n) is 6.28. The van der Waals surface area contributed by atoms with Crippen LogP contribution in [0.3, 0.4) is 0 Å². The van der Waals surface area contributed by atoms with Gasteiger partial charge in [0.15, 0.2) is 0 Å². The lowest BCUT2D eigenvalue weighted by molar-refractivity contribution is -0.123. The average molecular weight is 254 g/mol. The molecule has 0 radical (unpaired) electrons. The zero-order valence-corrected chi connectivity index (χ0v) is 12.5. The third-order valence-corrected chi connectivity index (χ3v) is 4.36. The number of hydrogen-bond donors (Lipinski definition) is 2. The van der Waals surface area contributed by atoms with Gasteiger partial charge in [0, 0.05) is 13.1 Å². The molecule has 0 aromatic carbocycles. The van der Waals surface area contributed by atoms with Gasteiger partial charge in [-0.05, 0) is 43.9 Å². The summed E-state index contributed by atoms with van der Waals surface area (Å²) in [5.41, 5.74) is 0.479. The number of hydrogen-bond acceptors (Lipinski definition) is 2. The van der Waals surface area contributed by atoms with Gasteiger partial charge >= 0.3 is 0 Å². The van der Waals surface area contributed by atoms with Gasteiger partial charge in [0.2, 0.25) is 5.91 Å². The van der Waals surface area contributed by atoms with E-state index in [2.05, 4.69) is 31.4 Å². The van der Waals surface area contributed by atoms with Crippen molar-refractivity contribution in [3.8, 4) is 0 Å². The van der Waals surface area contributed by atoms with E-state index in [9.17, 15) is 4.79 Å². The molecule has 2 N–H and O–H groups in total. The fraction of sp³-hybridized carbons (Fsp3) is 0.933. The molecule has 1 atom stereocenters. The van der Waals surface area contributed by atoms with Gasteiger partial charge in [-0.25, -0.2) is 0 Å². The van der Waals surface area contributed by atoms with E-state index in [1.54, 1.807) is 0 Å². The standard InChI is InChI=1S/C15H30N2O/c1-5-15(8-6-9-15)11-17-13(4)14(18)16-10-7-12(2)3/h12-13,17H,5-11H2,1-4H3,(H,16,18). The number of rotatable bonds is 8. The minimum Gasteiger partial charge on any atom is -0.355 e. The predicted octanol–water partition coefficient (Wildman–Crippen LogP) is 2.71. The van der Waals surface area contributed by atoms with Crippen LogP contribution in [0.4, 0.5) is 0 Å². The summed E-state index contributed by atoms with van der Waals surface area (Å²) in [5.74, 6) is 0.785. The smallest absolute Gasteiger partial charge is 0.236 e. The van der Waals surface area contributed by atoms with E-state index in [4.69, 9.17) is 0 Å². The summed E-state index contributed by atoms with van der Waals surface area (Å²) in [6, 6.07) is -0.0683. The highest BCUT2D eigenvalue weighted by Crippen LogP contribution is 2.43. The van der Waals surface area contributed by atoms with Crippen LogP contribution in [-0.2, 0) is 4.79 Å². The molecule has 1 amide bonds. The first-order chi connectivity index (χ1) is 8.49. The van der Waals surface area contributed by atoms with Crippen molar-refractivity contribution in [2.24, 2.45) is 11.3 Å². The van der Waals surface area contributed by atoms with Crippen LogP contribution in [0.15, 0.2) is 0 Å². The van der Waals surface area contributed by atoms with Crippen LogP contribution in [0.2, 0.25) is 0 Å². The van der Waals surface area contributed by atoms with Gasteiger partial charge in [0.25, 0.3) is 0 Å². The van der Waals surface area contributed by atoms with Gasteiger partial charge in [0.05, 0.1) is 6.04 Å².